The van der Waals surface area contributed by atoms with Gasteiger partial charge in [0.1, 0.15) is 5.82 Å². The molecule has 1 aromatic carbocycles. The number of nitrogens with one attached hydrogen (secondary N) is 1. The van der Waals surface area contributed by atoms with E-state index in [1.165, 1.54) is 23.5 Å². The summed E-state index contributed by atoms with van der Waals surface area (Å²) in [6, 6.07) is 10.1. The SMILES string of the molecule is O=C(NCCCC(=O)N1CCCC1c1ccc(F)cc1)c1cccs1. The molecule has 2 heterocycles. The maximum absolute atomic E-state index is 13.1. The zero-order valence-corrected chi connectivity index (χ0v) is 14.7. The Morgan fingerprint density at radius 3 is 2.76 bits per heavy atom. The summed E-state index contributed by atoms with van der Waals surface area (Å²) in [5.41, 5.74) is 0.984. The summed E-state index contributed by atoms with van der Waals surface area (Å²) in [6.45, 7) is 1.22. The third-order valence-electron chi connectivity index (χ3n) is 4.43. The van der Waals surface area contributed by atoms with Crippen LogP contribution in [0, 0.1) is 5.82 Å². The predicted octanol–water partition coefficient (Wildman–Crippen LogP) is 3.76. The van der Waals surface area contributed by atoms with Gasteiger partial charge in [0.2, 0.25) is 5.91 Å². The first kappa shape index (κ1) is 17.6. The fourth-order valence-corrected chi connectivity index (χ4v) is 3.82. The summed E-state index contributed by atoms with van der Waals surface area (Å²) >= 11 is 1.40. The molecule has 0 bridgehead atoms. The maximum Gasteiger partial charge on any atom is 0.261 e. The highest BCUT2D eigenvalue weighted by atomic mass is 32.1. The molecule has 1 fully saturated rings. The minimum Gasteiger partial charge on any atom is -0.351 e. The van der Waals surface area contributed by atoms with Crippen molar-refractivity contribution in [2.45, 2.75) is 31.7 Å². The molecule has 1 unspecified atom stereocenters. The summed E-state index contributed by atoms with van der Waals surface area (Å²) in [4.78, 5) is 26.9. The van der Waals surface area contributed by atoms with Crippen LogP contribution in [0.15, 0.2) is 41.8 Å². The zero-order chi connectivity index (χ0) is 17.6. The van der Waals surface area contributed by atoms with E-state index >= 15 is 0 Å². The fourth-order valence-electron chi connectivity index (χ4n) is 3.18. The van der Waals surface area contributed by atoms with Crippen molar-refractivity contribution < 1.29 is 14.0 Å². The van der Waals surface area contributed by atoms with E-state index in [4.69, 9.17) is 0 Å². The van der Waals surface area contributed by atoms with E-state index in [-0.39, 0.29) is 23.7 Å². The number of hydrogen-bond acceptors (Lipinski definition) is 3. The molecule has 132 valence electrons. The highest BCUT2D eigenvalue weighted by molar-refractivity contribution is 7.12. The lowest BCUT2D eigenvalue weighted by Crippen LogP contribution is -2.31. The predicted molar refractivity (Wildman–Crippen MR) is 96.0 cm³/mol. The van der Waals surface area contributed by atoms with E-state index in [1.807, 2.05) is 16.3 Å². The van der Waals surface area contributed by atoms with Gasteiger partial charge < -0.3 is 10.2 Å². The second kappa shape index (κ2) is 8.25. The van der Waals surface area contributed by atoms with Crippen LogP contribution in [0.2, 0.25) is 0 Å². The van der Waals surface area contributed by atoms with Gasteiger partial charge in [0.05, 0.1) is 10.9 Å². The van der Waals surface area contributed by atoms with Crippen molar-refractivity contribution in [2.24, 2.45) is 0 Å². The first-order valence-electron chi connectivity index (χ1n) is 8.52. The normalized spacial score (nSPS) is 16.8. The van der Waals surface area contributed by atoms with Gasteiger partial charge in [0.15, 0.2) is 0 Å². The van der Waals surface area contributed by atoms with Crippen molar-refractivity contribution in [2.75, 3.05) is 13.1 Å². The lowest BCUT2D eigenvalue weighted by molar-refractivity contribution is -0.132. The molecule has 1 atom stereocenters. The van der Waals surface area contributed by atoms with Crippen molar-refractivity contribution in [1.29, 1.82) is 0 Å². The van der Waals surface area contributed by atoms with Crippen LogP contribution in [0.1, 0.15) is 47.0 Å². The highest BCUT2D eigenvalue weighted by Crippen LogP contribution is 2.32. The summed E-state index contributed by atoms with van der Waals surface area (Å²) in [5.74, 6) is -0.258. The molecule has 0 radical (unpaired) electrons. The van der Waals surface area contributed by atoms with Gasteiger partial charge in [0, 0.05) is 19.5 Å². The summed E-state index contributed by atoms with van der Waals surface area (Å²) in [5, 5.41) is 4.70. The smallest absolute Gasteiger partial charge is 0.261 e. The first-order chi connectivity index (χ1) is 12.1. The number of likely N-dealkylation sites (tertiary alicyclic amines) is 1. The number of thiophene rings is 1. The molecule has 1 aliphatic rings. The Kier molecular flexibility index (Phi) is 5.81. The average molecular weight is 360 g/mol. The fraction of sp³-hybridized carbons (Fsp3) is 0.368. The molecular weight excluding hydrogens is 339 g/mol. The van der Waals surface area contributed by atoms with Crippen LogP contribution in [0.25, 0.3) is 0 Å². The Labute approximate surface area is 150 Å². The number of carbonyl (C=O) groups is 2. The van der Waals surface area contributed by atoms with Crippen LogP contribution >= 0.6 is 11.3 Å². The van der Waals surface area contributed by atoms with Gasteiger partial charge in [0.25, 0.3) is 5.91 Å². The second-order valence-corrected chi connectivity index (χ2v) is 7.08. The molecule has 0 spiro atoms. The van der Waals surface area contributed by atoms with Gasteiger partial charge in [-0.05, 0) is 48.4 Å². The van der Waals surface area contributed by atoms with Crippen LogP contribution in [-0.4, -0.2) is 29.8 Å². The van der Waals surface area contributed by atoms with E-state index < -0.39 is 0 Å². The van der Waals surface area contributed by atoms with E-state index in [9.17, 15) is 14.0 Å². The summed E-state index contributed by atoms with van der Waals surface area (Å²) < 4.78 is 13.1. The first-order valence-corrected chi connectivity index (χ1v) is 9.40. The van der Waals surface area contributed by atoms with Crippen molar-refractivity contribution in [1.82, 2.24) is 10.2 Å². The standard InChI is InChI=1S/C19H21FN2O2S/c20-15-9-7-14(8-10-15)16-4-2-12-22(16)18(23)6-1-11-21-19(24)17-5-3-13-25-17/h3,5,7-10,13,16H,1-2,4,6,11-12H2,(H,21,24). The molecule has 1 aliphatic heterocycles. The topological polar surface area (TPSA) is 49.4 Å². The second-order valence-electron chi connectivity index (χ2n) is 6.13. The maximum atomic E-state index is 13.1. The van der Waals surface area contributed by atoms with Crippen LogP contribution < -0.4 is 5.32 Å². The molecule has 6 heteroatoms. The number of benzene rings is 1. The summed E-state index contributed by atoms with van der Waals surface area (Å²) in [6.07, 6.45) is 2.89. The van der Waals surface area contributed by atoms with Gasteiger partial charge in [-0.1, -0.05) is 18.2 Å². The molecule has 25 heavy (non-hydrogen) atoms. The number of amides is 2. The Balaban J connectivity index is 1.47. The molecule has 1 aromatic heterocycles. The Hall–Kier alpha value is -2.21. The van der Waals surface area contributed by atoms with E-state index in [0.29, 0.717) is 24.3 Å². The average Bonchev–Trinajstić information content (AvgIpc) is 3.30. The Morgan fingerprint density at radius 1 is 1.24 bits per heavy atom. The van der Waals surface area contributed by atoms with Gasteiger partial charge >= 0.3 is 0 Å². The number of nitrogens with zero attached hydrogens (tertiary/aromatic N) is 1. The Morgan fingerprint density at radius 2 is 2.04 bits per heavy atom. The highest BCUT2D eigenvalue weighted by Gasteiger charge is 2.29. The molecule has 0 saturated carbocycles. The minimum atomic E-state index is -0.263. The van der Waals surface area contributed by atoms with Crippen LogP contribution in [-0.2, 0) is 4.79 Å². The van der Waals surface area contributed by atoms with Crippen molar-refractivity contribution in [3.05, 3.63) is 58.0 Å². The van der Waals surface area contributed by atoms with E-state index in [2.05, 4.69) is 5.32 Å². The monoisotopic (exact) mass is 360 g/mol. The van der Waals surface area contributed by atoms with E-state index in [1.54, 1.807) is 18.2 Å². The van der Waals surface area contributed by atoms with Crippen LogP contribution in [0.3, 0.4) is 0 Å². The van der Waals surface area contributed by atoms with Gasteiger partial charge in [-0.15, -0.1) is 11.3 Å². The number of hydrogen-bond donors (Lipinski definition) is 1. The molecule has 2 aromatic rings. The van der Waals surface area contributed by atoms with Crippen molar-refractivity contribution in [3.8, 4) is 0 Å². The third kappa shape index (κ3) is 4.45. The quantitative estimate of drug-likeness (QED) is 0.798. The number of rotatable bonds is 6. The number of halogens is 1. The lowest BCUT2D eigenvalue weighted by Gasteiger charge is -2.25. The van der Waals surface area contributed by atoms with Gasteiger partial charge in [-0.2, -0.15) is 0 Å². The molecule has 2 amide bonds. The summed E-state index contributed by atoms with van der Waals surface area (Å²) in [7, 11) is 0. The van der Waals surface area contributed by atoms with Crippen LogP contribution in [0.4, 0.5) is 4.39 Å². The van der Waals surface area contributed by atoms with Gasteiger partial charge in [-0.25, -0.2) is 4.39 Å². The van der Waals surface area contributed by atoms with Crippen molar-refractivity contribution in [3.63, 3.8) is 0 Å². The largest absolute Gasteiger partial charge is 0.351 e. The van der Waals surface area contributed by atoms with Crippen molar-refractivity contribution >= 4 is 23.2 Å². The zero-order valence-electron chi connectivity index (χ0n) is 13.9. The molecule has 4 nitrogen and oxygen atoms in total. The Bertz CT molecular complexity index is 716. The van der Waals surface area contributed by atoms with E-state index in [0.717, 1.165) is 24.9 Å². The van der Waals surface area contributed by atoms with Gasteiger partial charge in [-0.3, -0.25) is 9.59 Å². The molecule has 3 rings (SSSR count). The minimum absolute atomic E-state index is 0.0359. The molecular formula is C19H21FN2O2S. The molecule has 0 aliphatic carbocycles. The molecule has 1 N–H and O–H groups in total. The lowest BCUT2D eigenvalue weighted by atomic mass is 10.0. The third-order valence-corrected chi connectivity index (χ3v) is 5.29. The van der Waals surface area contributed by atoms with Crippen LogP contribution in [0.5, 0.6) is 0 Å². The molecule has 1 saturated heterocycles. The number of carbonyl (C=O) groups excluding carboxylic acids is 2.